The first-order valence-corrected chi connectivity index (χ1v) is 13.1. The first-order chi connectivity index (χ1) is 16.6. The van der Waals surface area contributed by atoms with Gasteiger partial charge in [-0.15, -0.1) is 0 Å². The largest absolute Gasteiger partial charge is 0.494 e. The van der Waals surface area contributed by atoms with E-state index in [-0.39, 0.29) is 11.8 Å². The predicted octanol–water partition coefficient (Wildman–Crippen LogP) is 5.70. The summed E-state index contributed by atoms with van der Waals surface area (Å²) in [7, 11) is 1.60. The molecule has 2 amide bonds. The summed E-state index contributed by atoms with van der Waals surface area (Å²) >= 11 is 0. The number of unbranched alkanes of at least 4 members (excludes halogenated alkanes) is 9. The second-order valence-corrected chi connectivity index (χ2v) is 8.79. The average Bonchev–Trinajstić information content (AvgIpc) is 2.83. The Labute approximate surface area is 206 Å². The van der Waals surface area contributed by atoms with Crippen molar-refractivity contribution in [2.45, 2.75) is 90.9 Å². The molecule has 0 aromatic heterocycles. The normalized spacial score (nSPS) is 10.7. The number of anilines is 1. The molecule has 0 aliphatic heterocycles. The zero-order valence-electron chi connectivity index (χ0n) is 21.7. The Morgan fingerprint density at radius 3 is 2.24 bits per heavy atom. The molecule has 1 aromatic carbocycles. The highest BCUT2D eigenvalue weighted by Gasteiger charge is 2.09. The van der Waals surface area contributed by atoms with E-state index in [1.165, 1.54) is 69.7 Å². The highest BCUT2D eigenvalue weighted by molar-refractivity contribution is 5.76. The van der Waals surface area contributed by atoms with Gasteiger partial charge in [-0.2, -0.15) is 0 Å². The monoisotopic (exact) mass is 477 g/mol. The number of rotatable bonds is 21. The minimum atomic E-state index is -0.0906. The van der Waals surface area contributed by atoms with Crippen molar-refractivity contribution in [3.63, 3.8) is 0 Å². The summed E-state index contributed by atoms with van der Waals surface area (Å²) in [6.45, 7) is 5.89. The van der Waals surface area contributed by atoms with Gasteiger partial charge in [0, 0.05) is 33.1 Å². The van der Waals surface area contributed by atoms with Crippen molar-refractivity contribution in [1.82, 2.24) is 10.3 Å². The Morgan fingerprint density at radius 1 is 0.912 bits per heavy atom. The fraction of sp³-hybridized carbons (Fsp3) is 0.704. The molecule has 0 spiro atoms. The van der Waals surface area contributed by atoms with Gasteiger partial charge in [-0.1, -0.05) is 70.8 Å². The van der Waals surface area contributed by atoms with Crippen molar-refractivity contribution in [2.75, 3.05) is 38.8 Å². The molecule has 0 saturated heterocycles. The maximum Gasteiger partial charge on any atom is 0.237 e. The number of carbonyl (C=O) groups excluding carboxylic acids is 2. The fourth-order valence-corrected chi connectivity index (χ4v) is 3.64. The zero-order valence-corrected chi connectivity index (χ0v) is 21.7. The van der Waals surface area contributed by atoms with Crippen LogP contribution in [0.3, 0.4) is 0 Å². The van der Waals surface area contributed by atoms with E-state index in [0.717, 1.165) is 18.7 Å². The van der Waals surface area contributed by atoms with Gasteiger partial charge in [0.2, 0.25) is 11.8 Å². The summed E-state index contributed by atoms with van der Waals surface area (Å²) in [5.41, 5.74) is 3.84. The smallest absolute Gasteiger partial charge is 0.237 e. The summed E-state index contributed by atoms with van der Waals surface area (Å²) in [5, 5.41) is 4.51. The molecule has 2 N–H and O–H groups in total. The third-order valence-electron chi connectivity index (χ3n) is 5.67. The average molecular weight is 478 g/mol. The number of amides is 2. The van der Waals surface area contributed by atoms with Crippen LogP contribution in [0.2, 0.25) is 0 Å². The van der Waals surface area contributed by atoms with Crippen molar-refractivity contribution in [2.24, 2.45) is 0 Å². The summed E-state index contributed by atoms with van der Waals surface area (Å²) in [6, 6.07) is 7.44. The van der Waals surface area contributed by atoms with Crippen LogP contribution in [-0.4, -0.2) is 50.2 Å². The van der Waals surface area contributed by atoms with Crippen LogP contribution < -0.4 is 15.5 Å². The molecule has 0 saturated carbocycles. The van der Waals surface area contributed by atoms with Gasteiger partial charge in [-0.25, -0.2) is 0 Å². The number of nitrogens with one attached hydrogen (secondary N) is 2. The van der Waals surface area contributed by atoms with Crippen molar-refractivity contribution in [1.29, 1.82) is 0 Å². The Hall–Kier alpha value is -2.28. The van der Waals surface area contributed by atoms with E-state index in [0.29, 0.717) is 38.3 Å². The van der Waals surface area contributed by atoms with E-state index >= 15 is 0 Å². The van der Waals surface area contributed by atoms with Crippen LogP contribution in [0.1, 0.15) is 90.9 Å². The van der Waals surface area contributed by atoms with Gasteiger partial charge in [0.05, 0.1) is 25.4 Å². The molecule has 34 heavy (non-hydrogen) atoms. The number of benzene rings is 1. The Kier molecular flexibility index (Phi) is 17.6. The van der Waals surface area contributed by atoms with Crippen LogP contribution in [0, 0.1) is 0 Å². The van der Waals surface area contributed by atoms with E-state index in [1.54, 1.807) is 7.11 Å². The summed E-state index contributed by atoms with van der Waals surface area (Å²) in [4.78, 5) is 23.8. The van der Waals surface area contributed by atoms with Crippen LogP contribution in [0.25, 0.3) is 0 Å². The van der Waals surface area contributed by atoms with E-state index in [1.807, 2.05) is 24.3 Å². The number of ether oxygens (including phenoxy) is 2. The minimum Gasteiger partial charge on any atom is -0.494 e. The summed E-state index contributed by atoms with van der Waals surface area (Å²) in [6.07, 6.45) is 14.1. The van der Waals surface area contributed by atoms with Crippen molar-refractivity contribution >= 4 is 17.5 Å². The number of hydrogen-bond donors (Lipinski definition) is 2. The van der Waals surface area contributed by atoms with Crippen LogP contribution >= 0.6 is 0 Å². The molecule has 0 heterocycles. The molecule has 1 rings (SSSR count). The van der Waals surface area contributed by atoms with E-state index in [9.17, 15) is 9.59 Å². The van der Waals surface area contributed by atoms with Crippen LogP contribution in [-0.2, 0) is 14.3 Å². The molecule has 0 aliphatic carbocycles. The molecule has 1 aromatic rings. The summed E-state index contributed by atoms with van der Waals surface area (Å²) < 4.78 is 10.8. The van der Waals surface area contributed by atoms with Gasteiger partial charge >= 0.3 is 0 Å². The molecule has 0 radical (unpaired) electrons. The summed E-state index contributed by atoms with van der Waals surface area (Å²) in [5.74, 6) is 0.698. The highest BCUT2D eigenvalue weighted by atomic mass is 16.5. The van der Waals surface area contributed by atoms with Crippen LogP contribution in [0.5, 0.6) is 5.75 Å². The van der Waals surface area contributed by atoms with Gasteiger partial charge in [0.1, 0.15) is 5.75 Å². The molecule has 0 atom stereocenters. The number of carbonyl (C=O) groups is 2. The molecule has 0 unspecified atom stereocenters. The molecule has 194 valence electrons. The molecule has 0 bridgehead atoms. The first-order valence-electron chi connectivity index (χ1n) is 13.1. The van der Waals surface area contributed by atoms with Crippen molar-refractivity contribution in [3.8, 4) is 5.75 Å². The zero-order chi connectivity index (χ0) is 24.9. The number of hydrogen-bond acceptors (Lipinski definition) is 5. The third-order valence-corrected chi connectivity index (χ3v) is 5.67. The fourth-order valence-electron chi connectivity index (χ4n) is 3.64. The molecule has 7 nitrogen and oxygen atoms in total. The second-order valence-electron chi connectivity index (χ2n) is 8.79. The maximum absolute atomic E-state index is 12.0. The van der Waals surface area contributed by atoms with Gasteiger partial charge in [-0.05, 0) is 25.0 Å². The Bertz CT molecular complexity index is 669. The molecule has 7 heteroatoms. The molecular weight excluding hydrogens is 430 g/mol. The van der Waals surface area contributed by atoms with Crippen molar-refractivity contribution in [3.05, 3.63) is 24.3 Å². The quantitative estimate of drug-likeness (QED) is 0.175. The lowest BCUT2D eigenvalue weighted by atomic mass is 10.1. The van der Waals surface area contributed by atoms with E-state index in [4.69, 9.17) is 9.47 Å². The van der Waals surface area contributed by atoms with Gasteiger partial charge in [0.15, 0.2) is 0 Å². The number of nitrogens with zero attached hydrogens (tertiary/aromatic N) is 1. The molecule has 0 fully saturated rings. The Balaban J connectivity index is 2.10. The van der Waals surface area contributed by atoms with Gasteiger partial charge in [-0.3, -0.25) is 20.0 Å². The van der Waals surface area contributed by atoms with E-state index < -0.39 is 0 Å². The highest BCUT2D eigenvalue weighted by Crippen LogP contribution is 2.18. The van der Waals surface area contributed by atoms with E-state index in [2.05, 4.69) is 17.7 Å². The lowest BCUT2D eigenvalue weighted by Gasteiger charge is -2.23. The third kappa shape index (κ3) is 15.5. The lowest BCUT2D eigenvalue weighted by Crippen LogP contribution is -2.37. The number of hydrazine groups is 1. The minimum absolute atomic E-state index is 0.0881. The van der Waals surface area contributed by atoms with Crippen LogP contribution in [0.4, 0.5) is 5.69 Å². The number of methoxy groups -OCH3 is 1. The second kappa shape index (κ2) is 20.1. The standard InChI is InChI=1S/C27H47N3O4/c1-4-5-6-7-8-9-10-11-12-13-19-28-27(32)18-15-21-34-26-17-14-16-25(23-26)29-30(24(2)31)20-22-33-3/h14,16-17,23,29H,4-13,15,18-22H2,1-3H3,(H,28,32). The lowest BCUT2D eigenvalue weighted by molar-refractivity contribution is -0.128. The molecular formula is C27H47N3O4. The molecule has 0 aliphatic rings. The van der Waals surface area contributed by atoms with Crippen molar-refractivity contribution < 1.29 is 19.1 Å². The SMILES string of the molecule is CCCCCCCCCCCCNC(=O)CCCOc1cccc(NN(CCOC)C(C)=O)c1. The predicted molar refractivity (Wildman–Crippen MR) is 139 cm³/mol. The first kappa shape index (κ1) is 29.8. The van der Waals surface area contributed by atoms with Gasteiger partial charge in [0.25, 0.3) is 0 Å². The van der Waals surface area contributed by atoms with Gasteiger partial charge < -0.3 is 14.8 Å². The maximum atomic E-state index is 12.0. The Morgan fingerprint density at radius 2 is 1.59 bits per heavy atom. The topological polar surface area (TPSA) is 79.9 Å². The van der Waals surface area contributed by atoms with Crippen LogP contribution in [0.15, 0.2) is 24.3 Å².